The molecule has 1 aliphatic rings. The van der Waals surface area contributed by atoms with E-state index in [1.54, 1.807) is 11.7 Å². The molecule has 0 unspecified atom stereocenters. The average Bonchev–Trinajstić information content (AvgIpc) is 3.23. The van der Waals surface area contributed by atoms with Crippen molar-refractivity contribution in [3.05, 3.63) is 34.4 Å². The Kier molecular flexibility index (Phi) is 4.99. The molecule has 1 amide bonds. The number of ether oxygens (including phenoxy) is 1. The molecule has 6 nitrogen and oxygen atoms in total. The number of pyridine rings is 1. The zero-order valence-electron chi connectivity index (χ0n) is 14.2. The van der Waals surface area contributed by atoms with Gasteiger partial charge < -0.3 is 14.5 Å². The average molecular weight is 346 g/mol. The Morgan fingerprint density at radius 3 is 3.04 bits per heavy atom. The molecule has 0 aromatic carbocycles. The summed E-state index contributed by atoms with van der Waals surface area (Å²) in [5.74, 6) is 1.63. The smallest absolute Gasteiger partial charge is 0.265 e. The van der Waals surface area contributed by atoms with Crippen LogP contribution in [0.25, 0.3) is 0 Å². The number of carbonyl (C=O) groups is 1. The fraction of sp³-hybridized carbons (Fsp3) is 0.471. The van der Waals surface area contributed by atoms with Crippen LogP contribution in [0.2, 0.25) is 0 Å². The van der Waals surface area contributed by atoms with Crippen LogP contribution in [0.5, 0.6) is 5.75 Å². The van der Waals surface area contributed by atoms with E-state index in [0.717, 1.165) is 35.0 Å². The number of aryl methyl sites for hydroxylation is 1. The van der Waals surface area contributed by atoms with Crippen LogP contribution in [0, 0.1) is 0 Å². The molecule has 0 bridgehead atoms. The summed E-state index contributed by atoms with van der Waals surface area (Å²) in [5.41, 5.74) is 2.63. The molecule has 3 heterocycles. The third-order valence-electron chi connectivity index (χ3n) is 4.07. The van der Waals surface area contributed by atoms with Gasteiger partial charge in [-0.15, -0.1) is 11.3 Å². The van der Waals surface area contributed by atoms with Gasteiger partial charge in [-0.3, -0.25) is 4.79 Å². The molecule has 1 fully saturated rings. The number of hydrogen-bond donors (Lipinski definition) is 0. The molecule has 7 heteroatoms. The minimum atomic E-state index is -0.00477. The second-order valence-corrected chi connectivity index (χ2v) is 6.84. The highest BCUT2D eigenvalue weighted by molar-refractivity contribution is 7.11. The van der Waals surface area contributed by atoms with Gasteiger partial charge in [-0.05, 0) is 18.6 Å². The summed E-state index contributed by atoms with van der Waals surface area (Å²) < 4.78 is 6.11. The number of likely N-dealkylation sites (tertiary alicyclic amines) is 1. The van der Waals surface area contributed by atoms with E-state index in [4.69, 9.17) is 4.74 Å². The Balaban J connectivity index is 1.67. The lowest BCUT2D eigenvalue weighted by Crippen LogP contribution is -2.31. The molecule has 0 radical (unpaired) electrons. The number of carbonyl (C=O) groups excluding carboxylic acids is 1. The Labute approximate surface area is 146 Å². The van der Waals surface area contributed by atoms with E-state index < -0.39 is 0 Å². The largest absolute Gasteiger partial charge is 0.485 e. The summed E-state index contributed by atoms with van der Waals surface area (Å²) in [6.45, 7) is 3.33. The lowest BCUT2D eigenvalue weighted by Gasteiger charge is -2.20. The van der Waals surface area contributed by atoms with Gasteiger partial charge in [0.15, 0.2) is 11.6 Å². The maximum Gasteiger partial charge on any atom is 0.265 e. The standard InChI is InChI=1S/C17H22N4O2S/c1-4-13-15(24-11-19-13)17(22)21-9-7-12(10-21)23-14-6-5-8-18-16(14)20(2)3/h5-6,8,11-12H,4,7,9-10H2,1-3H3/t12-/m1/s1. The van der Waals surface area contributed by atoms with Crippen LogP contribution < -0.4 is 9.64 Å². The van der Waals surface area contributed by atoms with E-state index in [1.807, 2.05) is 43.0 Å². The lowest BCUT2D eigenvalue weighted by molar-refractivity contribution is 0.0776. The van der Waals surface area contributed by atoms with Crippen LogP contribution in [-0.2, 0) is 6.42 Å². The summed E-state index contributed by atoms with van der Waals surface area (Å²) in [5, 5.41) is 0. The van der Waals surface area contributed by atoms with Crippen LogP contribution in [0.1, 0.15) is 28.7 Å². The molecular weight excluding hydrogens is 324 g/mol. The molecule has 1 aliphatic heterocycles. The van der Waals surface area contributed by atoms with E-state index in [0.29, 0.717) is 13.1 Å². The monoisotopic (exact) mass is 346 g/mol. The number of aromatic nitrogens is 2. The highest BCUT2D eigenvalue weighted by Gasteiger charge is 2.30. The highest BCUT2D eigenvalue weighted by atomic mass is 32.1. The normalized spacial score (nSPS) is 17.1. The van der Waals surface area contributed by atoms with Crippen molar-refractivity contribution in [2.24, 2.45) is 0 Å². The van der Waals surface area contributed by atoms with Crippen LogP contribution in [0.4, 0.5) is 5.82 Å². The summed E-state index contributed by atoms with van der Waals surface area (Å²) in [4.78, 5) is 25.9. The van der Waals surface area contributed by atoms with Crippen molar-refractivity contribution in [3.8, 4) is 5.75 Å². The number of rotatable bonds is 5. The molecule has 3 rings (SSSR count). The maximum atomic E-state index is 12.7. The number of anilines is 1. The van der Waals surface area contributed by atoms with Crippen molar-refractivity contribution in [3.63, 3.8) is 0 Å². The molecule has 128 valence electrons. The first-order valence-corrected chi connectivity index (χ1v) is 8.98. The summed E-state index contributed by atoms with van der Waals surface area (Å²) in [6.07, 6.45) is 3.35. The van der Waals surface area contributed by atoms with Crippen LogP contribution in [0.3, 0.4) is 0 Å². The zero-order valence-corrected chi connectivity index (χ0v) is 15.0. The quantitative estimate of drug-likeness (QED) is 0.832. The summed E-state index contributed by atoms with van der Waals surface area (Å²) in [7, 11) is 3.88. The Bertz CT molecular complexity index is 716. The first-order valence-electron chi connectivity index (χ1n) is 8.10. The van der Waals surface area contributed by atoms with Crippen molar-refractivity contribution < 1.29 is 9.53 Å². The minimum Gasteiger partial charge on any atom is -0.485 e. The summed E-state index contributed by atoms with van der Waals surface area (Å²) in [6, 6.07) is 3.79. The van der Waals surface area contributed by atoms with E-state index in [-0.39, 0.29) is 12.0 Å². The van der Waals surface area contributed by atoms with Gasteiger partial charge in [-0.1, -0.05) is 6.92 Å². The van der Waals surface area contributed by atoms with Crippen molar-refractivity contribution in [1.82, 2.24) is 14.9 Å². The van der Waals surface area contributed by atoms with Crippen LogP contribution in [0.15, 0.2) is 23.8 Å². The summed E-state index contributed by atoms with van der Waals surface area (Å²) >= 11 is 1.42. The predicted octanol–water partition coefficient (Wildman–Crippen LogP) is 2.46. The molecule has 24 heavy (non-hydrogen) atoms. The predicted molar refractivity (Wildman–Crippen MR) is 95.0 cm³/mol. The molecule has 0 aliphatic carbocycles. The van der Waals surface area contributed by atoms with Crippen molar-refractivity contribution in [1.29, 1.82) is 0 Å². The van der Waals surface area contributed by atoms with E-state index in [9.17, 15) is 4.79 Å². The van der Waals surface area contributed by atoms with E-state index in [2.05, 4.69) is 9.97 Å². The van der Waals surface area contributed by atoms with Crippen molar-refractivity contribution in [2.45, 2.75) is 25.9 Å². The zero-order chi connectivity index (χ0) is 17.1. The number of amides is 1. The Morgan fingerprint density at radius 1 is 1.46 bits per heavy atom. The first-order chi connectivity index (χ1) is 11.6. The molecule has 0 spiro atoms. The van der Waals surface area contributed by atoms with Gasteiger partial charge in [0.25, 0.3) is 5.91 Å². The van der Waals surface area contributed by atoms with Gasteiger partial charge in [0.05, 0.1) is 17.7 Å². The molecule has 0 N–H and O–H groups in total. The third-order valence-corrected chi connectivity index (χ3v) is 4.93. The van der Waals surface area contributed by atoms with Gasteiger partial charge >= 0.3 is 0 Å². The Morgan fingerprint density at radius 2 is 2.29 bits per heavy atom. The molecule has 0 saturated carbocycles. The molecule has 2 aromatic rings. The van der Waals surface area contributed by atoms with Gasteiger partial charge in [0, 0.05) is 33.3 Å². The van der Waals surface area contributed by atoms with Gasteiger partial charge in [-0.2, -0.15) is 0 Å². The SMILES string of the molecule is CCc1ncsc1C(=O)N1CC[C@@H](Oc2cccnc2N(C)C)C1. The second kappa shape index (κ2) is 7.17. The molecule has 1 atom stereocenters. The third kappa shape index (κ3) is 3.36. The highest BCUT2D eigenvalue weighted by Crippen LogP contribution is 2.27. The minimum absolute atomic E-state index is 0.00477. The van der Waals surface area contributed by atoms with Gasteiger partial charge in [-0.25, -0.2) is 9.97 Å². The van der Waals surface area contributed by atoms with Crippen molar-refractivity contribution in [2.75, 3.05) is 32.1 Å². The molecule has 1 saturated heterocycles. The second-order valence-electron chi connectivity index (χ2n) is 5.98. The van der Waals surface area contributed by atoms with Crippen LogP contribution >= 0.6 is 11.3 Å². The van der Waals surface area contributed by atoms with E-state index >= 15 is 0 Å². The Hall–Kier alpha value is -2.15. The van der Waals surface area contributed by atoms with E-state index in [1.165, 1.54) is 11.3 Å². The molecular formula is C17H22N4O2S. The fourth-order valence-corrected chi connectivity index (χ4v) is 3.69. The number of nitrogens with zero attached hydrogens (tertiary/aromatic N) is 4. The van der Waals surface area contributed by atoms with Crippen LogP contribution in [-0.4, -0.2) is 54.1 Å². The fourth-order valence-electron chi connectivity index (χ4n) is 2.84. The first kappa shape index (κ1) is 16.7. The maximum absolute atomic E-state index is 12.7. The topological polar surface area (TPSA) is 58.6 Å². The van der Waals surface area contributed by atoms with Crippen molar-refractivity contribution >= 4 is 23.1 Å². The number of hydrogen-bond acceptors (Lipinski definition) is 6. The molecule has 2 aromatic heterocycles. The number of thiazole rings is 1. The van der Waals surface area contributed by atoms with Gasteiger partial charge in [0.1, 0.15) is 11.0 Å². The van der Waals surface area contributed by atoms with Gasteiger partial charge in [0.2, 0.25) is 0 Å². The lowest BCUT2D eigenvalue weighted by atomic mass is 10.3.